The Bertz CT molecular complexity index is 307. The molecule has 1 heterocycles. The summed E-state index contributed by atoms with van der Waals surface area (Å²) >= 11 is 0. The minimum absolute atomic E-state index is 0.00647. The molecule has 0 bridgehead atoms. The van der Waals surface area contributed by atoms with E-state index in [0.29, 0.717) is 12.8 Å². The Labute approximate surface area is 90.9 Å². The van der Waals surface area contributed by atoms with Crippen molar-refractivity contribution in [2.24, 2.45) is 0 Å². The van der Waals surface area contributed by atoms with Crippen LogP contribution in [0.3, 0.4) is 0 Å². The highest BCUT2D eigenvalue weighted by atomic mass is 32.2. The van der Waals surface area contributed by atoms with E-state index in [0.717, 1.165) is 19.3 Å². The summed E-state index contributed by atoms with van der Waals surface area (Å²) in [6.07, 6.45) is 3.37. The Morgan fingerprint density at radius 2 is 2.13 bits per heavy atom. The van der Waals surface area contributed by atoms with E-state index in [2.05, 4.69) is 6.92 Å². The molecule has 1 rings (SSSR count). The van der Waals surface area contributed by atoms with E-state index in [9.17, 15) is 13.2 Å². The summed E-state index contributed by atoms with van der Waals surface area (Å²) in [7, 11) is -2.94. The van der Waals surface area contributed by atoms with E-state index in [1.807, 2.05) is 0 Å². The van der Waals surface area contributed by atoms with Crippen molar-refractivity contribution in [2.75, 3.05) is 11.5 Å². The Balaban J connectivity index is 2.22. The minimum Gasteiger partial charge on any atom is -0.461 e. The van der Waals surface area contributed by atoms with Gasteiger partial charge in [-0.2, -0.15) is 0 Å². The lowest BCUT2D eigenvalue weighted by atomic mass is 10.2. The number of rotatable bonds is 5. The van der Waals surface area contributed by atoms with Gasteiger partial charge in [-0.15, -0.1) is 0 Å². The molecule has 0 radical (unpaired) electrons. The highest BCUT2D eigenvalue weighted by Crippen LogP contribution is 2.15. The maximum absolute atomic E-state index is 11.3. The number of unbranched alkanes of at least 4 members (excludes halogenated alkanes) is 2. The molecule has 0 aliphatic carbocycles. The quantitative estimate of drug-likeness (QED) is 0.531. The van der Waals surface area contributed by atoms with Crippen LogP contribution in [-0.4, -0.2) is 32.0 Å². The maximum Gasteiger partial charge on any atom is 0.306 e. The van der Waals surface area contributed by atoms with Crippen molar-refractivity contribution in [3.63, 3.8) is 0 Å². The smallest absolute Gasteiger partial charge is 0.306 e. The number of hydrogen-bond acceptors (Lipinski definition) is 4. The average Bonchev–Trinajstić information content (AvgIpc) is 2.46. The van der Waals surface area contributed by atoms with Crippen molar-refractivity contribution in [2.45, 2.75) is 45.1 Å². The zero-order valence-electron chi connectivity index (χ0n) is 9.07. The Morgan fingerprint density at radius 1 is 1.40 bits per heavy atom. The summed E-state index contributed by atoms with van der Waals surface area (Å²) < 4.78 is 27.3. The lowest BCUT2D eigenvalue weighted by Crippen LogP contribution is -2.19. The first-order valence-corrected chi connectivity index (χ1v) is 7.25. The number of ether oxygens (including phenoxy) is 1. The van der Waals surface area contributed by atoms with Gasteiger partial charge in [-0.3, -0.25) is 4.79 Å². The fourth-order valence-electron chi connectivity index (χ4n) is 1.62. The van der Waals surface area contributed by atoms with Gasteiger partial charge in [0.05, 0.1) is 11.5 Å². The summed E-state index contributed by atoms with van der Waals surface area (Å²) in [4.78, 5) is 11.3. The summed E-state index contributed by atoms with van der Waals surface area (Å²) in [5.74, 6) is -0.0996. The number of carbonyl (C=O) groups excluding carboxylic acids is 1. The zero-order valence-corrected chi connectivity index (χ0v) is 9.88. The minimum atomic E-state index is -2.94. The van der Waals surface area contributed by atoms with Gasteiger partial charge in [0, 0.05) is 6.42 Å². The average molecular weight is 234 g/mol. The van der Waals surface area contributed by atoms with Crippen LogP contribution in [0.2, 0.25) is 0 Å². The zero-order chi connectivity index (χ0) is 11.3. The predicted octanol–water partition coefficient (Wildman–Crippen LogP) is 1.30. The first kappa shape index (κ1) is 12.5. The van der Waals surface area contributed by atoms with Crippen molar-refractivity contribution in [3.05, 3.63) is 0 Å². The molecule has 0 N–H and O–H groups in total. The van der Waals surface area contributed by atoms with Crippen LogP contribution in [0.1, 0.15) is 39.0 Å². The van der Waals surface area contributed by atoms with Crippen LogP contribution in [0.4, 0.5) is 0 Å². The van der Waals surface area contributed by atoms with E-state index >= 15 is 0 Å². The molecule has 88 valence electrons. The van der Waals surface area contributed by atoms with Gasteiger partial charge in [-0.25, -0.2) is 8.42 Å². The number of hydrogen-bond donors (Lipinski definition) is 0. The fraction of sp³-hybridized carbons (Fsp3) is 0.900. The second-order valence-electron chi connectivity index (χ2n) is 3.97. The molecule has 4 nitrogen and oxygen atoms in total. The van der Waals surface area contributed by atoms with E-state index in [1.165, 1.54) is 0 Å². The molecule has 1 aliphatic rings. The van der Waals surface area contributed by atoms with Crippen molar-refractivity contribution in [3.8, 4) is 0 Å². The Kier molecular flexibility index (Phi) is 4.57. The molecule has 0 spiro atoms. The van der Waals surface area contributed by atoms with Crippen LogP contribution in [0, 0.1) is 0 Å². The SMILES string of the molecule is CCCCCC(=O)O[C@@H]1CCS(=O)(=O)C1. The van der Waals surface area contributed by atoms with Gasteiger partial charge in [0.2, 0.25) is 0 Å². The van der Waals surface area contributed by atoms with Crippen LogP contribution >= 0.6 is 0 Å². The lowest BCUT2D eigenvalue weighted by Gasteiger charge is -2.09. The molecule has 0 aromatic rings. The second-order valence-corrected chi connectivity index (χ2v) is 6.20. The van der Waals surface area contributed by atoms with Gasteiger partial charge in [0.25, 0.3) is 0 Å². The van der Waals surface area contributed by atoms with Crippen LogP contribution in [0.5, 0.6) is 0 Å². The third-order valence-corrected chi connectivity index (χ3v) is 4.21. The van der Waals surface area contributed by atoms with Crippen LogP contribution < -0.4 is 0 Å². The molecular formula is C10H18O4S. The number of sulfone groups is 1. The summed E-state index contributed by atoms with van der Waals surface area (Å²) in [6, 6.07) is 0. The van der Waals surface area contributed by atoms with E-state index in [1.54, 1.807) is 0 Å². The van der Waals surface area contributed by atoms with Gasteiger partial charge in [0.1, 0.15) is 6.10 Å². The van der Waals surface area contributed by atoms with Crippen LogP contribution in [-0.2, 0) is 19.4 Å². The molecule has 1 fully saturated rings. The first-order chi connectivity index (χ1) is 7.03. The molecule has 0 aromatic heterocycles. The van der Waals surface area contributed by atoms with E-state index in [4.69, 9.17) is 4.74 Å². The van der Waals surface area contributed by atoms with Crippen molar-refractivity contribution in [1.82, 2.24) is 0 Å². The van der Waals surface area contributed by atoms with Crippen molar-refractivity contribution >= 4 is 15.8 Å². The maximum atomic E-state index is 11.3. The third kappa shape index (κ3) is 4.64. The largest absolute Gasteiger partial charge is 0.461 e. The Morgan fingerprint density at radius 3 is 2.67 bits per heavy atom. The van der Waals surface area contributed by atoms with E-state index in [-0.39, 0.29) is 17.5 Å². The van der Waals surface area contributed by atoms with Gasteiger partial charge in [0.15, 0.2) is 9.84 Å². The Hall–Kier alpha value is -0.580. The topological polar surface area (TPSA) is 60.4 Å². The summed E-state index contributed by atoms with van der Waals surface area (Å²) in [5, 5.41) is 0. The van der Waals surface area contributed by atoms with Crippen molar-refractivity contribution < 1.29 is 17.9 Å². The van der Waals surface area contributed by atoms with Gasteiger partial charge in [-0.1, -0.05) is 19.8 Å². The summed E-state index contributed by atoms with van der Waals surface area (Å²) in [5.41, 5.74) is 0. The van der Waals surface area contributed by atoms with Gasteiger partial charge >= 0.3 is 5.97 Å². The molecule has 15 heavy (non-hydrogen) atoms. The van der Waals surface area contributed by atoms with Crippen LogP contribution in [0.25, 0.3) is 0 Å². The highest BCUT2D eigenvalue weighted by molar-refractivity contribution is 7.91. The fourth-order valence-corrected chi connectivity index (χ4v) is 3.21. The van der Waals surface area contributed by atoms with Crippen molar-refractivity contribution in [1.29, 1.82) is 0 Å². The van der Waals surface area contributed by atoms with Gasteiger partial charge < -0.3 is 4.74 Å². The highest BCUT2D eigenvalue weighted by Gasteiger charge is 2.30. The predicted molar refractivity (Wildman–Crippen MR) is 57.3 cm³/mol. The number of esters is 1. The second kappa shape index (κ2) is 5.49. The number of carbonyl (C=O) groups is 1. The first-order valence-electron chi connectivity index (χ1n) is 5.43. The molecule has 1 atom stereocenters. The molecule has 1 saturated heterocycles. The molecule has 0 unspecified atom stereocenters. The monoisotopic (exact) mass is 234 g/mol. The van der Waals surface area contributed by atoms with Gasteiger partial charge in [-0.05, 0) is 12.8 Å². The van der Waals surface area contributed by atoms with E-state index < -0.39 is 15.9 Å². The molecular weight excluding hydrogens is 216 g/mol. The molecule has 1 aliphatic heterocycles. The molecule has 0 saturated carbocycles. The molecule has 0 amide bonds. The summed E-state index contributed by atoms with van der Waals surface area (Å²) in [6.45, 7) is 2.06. The molecule has 0 aromatic carbocycles. The third-order valence-electron chi connectivity index (χ3n) is 2.47. The molecule has 5 heteroatoms. The lowest BCUT2D eigenvalue weighted by molar-refractivity contribution is -0.147. The normalized spacial score (nSPS) is 23.9. The van der Waals surface area contributed by atoms with Crippen LogP contribution in [0.15, 0.2) is 0 Å². The standard InChI is InChI=1S/C10H18O4S/c1-2-3-4-5-10(11)14-9-6-7-15(12,13)8-9/h9H,2-8H2,1H3/t9-/m1/s1.